The Bertz CT molecular complexity index is 1590. The van der Waals surface area contributed by atoms with Gasteiger partial charge in [-0.1, -0.05) is 36.4 Å². The van der Waals surface area contributed by atoms with Gasteiger partial charge in [-0.3, -0.25) is 19.2 Å². The van der Waals surface area contributed by atoms with Crippen molar-refractivity contribution in [1.82, 2.24) is 25.9 Å². The van der Waals surface area contributed by atoms with E-state index in [2.05, 4.69) is 25.9 Å². The second-order valence-corrected chi connectivity index (χ2v) is 9.51. The summed E-state index contributed by atoms with van der Waals surface area (Å²) >= 11 is 0. The van der Waals surface area contributed by atoms with Gasteiger partial charge in [-0.05, 0) is 23.3 Å². The van der Waals surface area contributed by atoms with Crippen molar-refractivity contribution in [3.05, 3.63) is 72.1 Å². The zero-order chi connectivity index (χ0) is 29.5. The lowest BCUT2D eigenvalue weighted by Gasteiger charge is -2.23. The monoisotopic (exact) mass is 562 g/mol. The minimum atomic E-state index is -1.62. The van der Waals surface area contributed by atoms with E-state index in [1.54, 1.807) is 24.5 Å². The van der Waals surface area contributed by atoms with Crippen LogP contribution < -0.4 is 21.7 Å². The van der Waals surface area contributed by atoms with Crippen molar-refractivity contribution in [2.45, 2.75) is 37.4 Å². The molecule has 0 aliphatic carbocycles. The van der Waals surface area contributed by atoms with Crippen LogP contribution >= 0.6 is 0 Å². The SMILES string of the molecule is NCC(=O)NC(Cc1c[nH]c2ccccc12)C(=O)NC(CC(=O)O)C(=O)NC(Cc1c[nH]c2ccccc12)C(=O)O. The molecule has 41 heavy (non-hydrogen) atoms. The Morgan fingerprint density at radius 3 is 1.71 bits per heavy atom. The molecule has 3 amide bonds. The van der Waals surface area contributed by atoms with Crippen LogP contribution in [0.1, 0.15) is 17.5 Å². The number of hydrogen-bond donors (Lipinski definition) is 8. The molecule has 13 nitrogen and oxygen atoms in total. The molecule has 0 spiro atoms. The van der Waals surface area contributed by atoms with Gasteiger partial charge in [0.2, 0.25) is 17.7 Å². The molecule has 13 heteroatoms. The molecule has 3 unspecified atom stereocenters. The number of nitrogens with one attached hydrogen (secondary N) is 5. The van der Waals surface area contributed by atoms with Crippen molar-refractivity contribution in [2.75, 3.05) is 6.54 Å². The maximum atomic E-state index is 13.3. The Balaban J connectivity index is 1.52. The number of aromatic nitrogens is 2. The number of fused-ring (bicyclic) bond motifs is 2. The minimum absolute atomic E-state index is 0.0152. The molecular weight excluding hydrogens is 532 g/mol. The van der Waals surface area contributed by atoms with E-state index >= 15 is 0 Å². The third kappa shape index (κ3) is 7.08. The predicted molar refractivity (Wildman–Crippen MR) is 149 cm³/mol. The smallest absolute Gasteiger partial charge is 0.326 e. The summed E-state index contributed by atoms with van der Waals surface area (Å²) in [5.74, 6) is -5.19. The lowest BCUT2D eigenvalue weighted by Crippen LogP contribution is -2.57. The first-order chi connectivity index (χ1) is 19.7. The van der Waals surface area contributed by atoms with Crippen LogP contribution in [0.5, 0.6) is 0 Å². The van der Waals surface area contributed by atoms with Crippen LogP contribution in [0.25, 0.3) is 21.8 Å². The van der Waals surface area contributed by atoms with E-state index in [1.165, 1.54) is 0 Å². The summed E-state index contributed by atoms with van der Waals surface area (Å²) in [5.41, 5.74) is 8.35. The number of rotatable bonds is 13. The highest BCUT2D eigenvalue weighted by Gasteiger charge is 2.31. The number of carboxylic acid groups (broad SMARTS) is 2. The molecule has 0 aliphatic heterocycles. The van der Waals surface area contributed by atoms with Gasteiger partial charge in [0.05, 0.1) is 13.0 Å². The molecular formula is C28H30N6O7. The van der Waals surface area contributed by atoms with Crippen LogP contribution in [0.3, 0.4) is 0 Å². The highest BCUT2D eigenvalue weighted by Crippen LogP contribution is 2.20. The number of para-hydroxylation sites is 2. The van der Waals surface area contributed by atoms with Crippen molar-refractivity contribution < 1.29 is 34.2 Å². The number of H-pyrrole nitrogens is 2. The first-order valence-electron chi connectivity index (χ1n) is 12.8. The van der Waals surface area contributed by atoms with Crippen LogP contribution in [-0.2, 0) is 36.8 Å². The number of hydrogen-bond acceptors (Lipinski definition) is 6. The van der Waals surface area contributed by atoms with Crippen LogP contribution in [0.15, 0.2) is 60.9 Å². The molecule has 0 radical (unpaired) electrons. The second kappa shape index (κ2) is 12.8. The van der Waals surface area contributed by atoms with Gasteiger partial charge in [-0.2, -0.15) is 0 Å². The van der Waals surface area contributed by atoms with Gasteiger partial charge in [0, 0.05) is 47.0 Å². The lowest BCUT2D eigenvalue weighted by atomic mass is 10.0. The quantitative estimate of drug-likeness (QED) is 0.114. The Kier molecular flexibility index (Phi) is 8.99. The Hall–Kier alpha value is -5.17. The molecule has 2 heterocycles. The zero-order valence-corrected chi connectivity index (χ0v) is 21.8. The van der Waals surface area contributed by atoms with E-state index in [0.717, 1.165) is 21.8 Å². The Labute approximate surface area is 233 Å². The number of carboxylic acids is 2. The fourth-order valence-corrected chi connectivity index (χ4v) is 4.63. The van der Waals surface area contributed by atoms with Gasteiger partial charge in [-0.25, -0.2) is 4.79 Å². The zero-order valence-electron chi connectivity index (χ0n) is 21.8. The molecule has 2 aromatic heterocycles. The fourth-order valence-electron chi connectivity index (χ4n) is 4.63. The molecule has 0 aliphatic rings. The topological polar surface area (TPSA) is 219 Å². The van der Waals surface area contributed by atoms with Gasteiger partial charge in [0.1, 0.15) is 18.1 Å². The molecule has 9 N–H and O–H groups in total. The summed E-state index contributed by atoms with van der Waals surface area (Å²) in [6.07, 6.45) is 2.43. The Morgan fingerprint density at radius 1 is 0.707 bits per heavy atom. The van der Waals surface area contributed by atoms with Crippen LogP contribution in [0, 0.1) is 0 Å². The first-order valence-corrected chi connectivity index (χ1v) is 12.8. The normalized spacial score (nSPS) is 13.3. The van der Waals surface area contributed by atoms with Gasteiger partial charge < -0.3 is 41.9 Å². The van der Waals surface area contributed by atoms with E-state index < -0.39 is 60.8 Å². The second-order valence-electron chi connectivity index (χ2n) is 9.51. The van der Waals surface area contributed by atoms with Gasteiger partial charge >= 0.3 is 11.9 Å². The molecule has 3 atom stereocenters. The lowest BCUT2D eigenvalue weighted by molar-refractivity contribution is -0.143. The minimum Gasteiger partial charge on any atom is -0.481 e. The molecule has 4 rings (SSSR count). The summed E-state index contributed by atoms with van der Waals surface area (Å²) in [5, 5.41) is 28.0. The van der Waals surface area contributed by atoms with Crippen molar-refractivity contribution in [3.8, 4) is 0 Å². The number of aromatic amines is 2. The molecule has 0 fully saturated rings. The van der Waals surface area contributed by atoms with Gasteiger partial charge in [-0.15, -0.1) is 0 Å². The third-order valence-corrected chi connectivity index (χ3v) is 6.66. The van der Waals surface area contributed by atoms with Crippen molar-refractivity contribution in [3.63, 3.8) is 0 Å². The fraction of sp³-hybridized carbons (Fsp3) is 0.250. The highest BCUT2D eigenvalue weighted by molar-refractivity contribution is 5.96. The third-order valence-electron chi connectivity index (χ3n) is 6.66. The van der Waals surface area contributed by atoms with E-state index in [9.17, 15) is 34.2 Å². The number of nitrogens with two attached hydrogens (primary N) is 1. The number of carbonyl (C=O) groups excluding carboxylic acids is 3. The number of carbonyl (C=O) groups is 5. The summed E-state index contributed by atoms with van der Waals surface area (Å²) in [6, 6.07) is 10.3. The average Bonchev–Trinajstić information content (AvgIpc) is 3.55. The summed E-state index contributed by atoms with van der Waals surface area (Å²) < 4.78 is 0. The van der Waals surface area contributed by atoms with E-state index in [0.29, 0.717) is 11.1 Å². The first kappa shape index (κ1) is 28.8. The van der Waals surface area contributed by atoms with Crippen molar-refractivity contribution in [1.29, 1.82) is 0 Å². The van der Waals surface area contributed by atoms with Crippen LogP contribution in [0.2, 0.25) is 0 Å². The number of amides is 3. The largest absolute Gasteiger partial charge is 0.481 e. The standard InChI is InChI=1S/C28H30N6O7/c29-12-24(35)32-21(9-15-13-30-19-7-3-1-5-17(15)19)26(38)33-22(11-25(36)37)27(39)34-23(28(40)41)10-16-14-31-20-8-4-2-6-18(16)20/h1-8,13-14,21-23,30-31H,9-12,29H2,(H,32,35)(H,33,38)(H,34,39)(H,36,37)(H,40,41). The summed E-state index contributed by atoms with van der Waals surface area (Å²) in [4.78, 5) is 68.3. The maximum Gasteiger partial charge on any atom is 0.326 e. The van der Waals surface area contributed by atoms with E-state index in [1.807, 2.05) is 36.4 Å². The van der Waals surface area contributed by atoms with Crippen molar-refractivity contribution >= 4 is 51.5 Å². The van der Waals surface area contributed by atoms with E-state index in [-0.39, 0.29) is 12.8 Å². The molecule has 0 saturated carbocycles. The summed E-state index contributed by atoms with van der Waals surface area (Å²) in [7, 11) is 0. The predicted octanol–water partition coefficient (Wildman–Crippen LogP) is 0.407. The Morgan fingerprint density at radius 2 is 1.20 bits per heavy atom. The van der Waals surface area contributed by atoms with Gasteiger partial charge in [0.25, 0.3) is 0 Å². The average molecular weight is 563 g/mol. The molecule has 2 aromatic carbocycles. The van der Waals surface area contributed by atoms with Crippen LogP contribution in [-0.4, -0.2) is 74.5 Å². The summed E-state index contributed by atoms with van der Waals surface area (Å²) in [6.45, 7) is -0.398. The number of aliphatic carboxylic acids is 2. The molecule has 4 aromatic rings. The molecule has 0 saturated heterocycles. The van der Waals surface area contributed by atoms with Crippen molar-refractivity contribution in [2.24, 2.45) is 5.73 Å². The highest BCUT2D eigenvalue weighted by atomic mass is 16.4. The van der Waals surface area contributed by atoms with Gasteiger partial charge in [0.15, 0.2) is 0 Å². The maximum absolute atomic E-state index is 13.3. The van der Waals surface area contributed by atoms with Crippen LogP contribution in [0.4, 0.5) is 0 Å². The molecule has 214 valence electrons. The van der Waals surface area contributed by atoms with E-state index in [4.69, 9.17) is 5.73 Å². The number of benzene rings is 2. The molecule has 0 bridgehead atoms.